The lowest BCUT2D eigenvalue weighted by molar-refractivity contribution is -0.163. The molecular weight excluding hydrogens is 614 g/mol. The zero-order chi connectivity index (χ0) is 34.1. The molecule has 256 valence electrons. The highest BCUT2D eigenvalue weighted by atomic mass is 16.6. The number of piperidine rings is 1. The lowest BCUT2D eigenvalue weighted by Crippen LogP contribution is -2.74. The number of likely N-dealkylation sites (N-methyl/N-ethyl adjacent to an activating group) is 2. The van der Waals surface area contributed by atoms with E-state index in [1.165, 1.54) is 11.9 Å². The van der Waals surface area contributed by atoms with E-state index in [9.17, 15) is 24.3 Å². The van der Waals surface area contributed by atoms with Crippen LogP contribution in [0, 0.1) is 0 Å². The summed E-state index contributed by atoms with van der Waals surface area (Å²) in [6, 6.07) is 2.72. The van der Waals surface area contributed by atoms with Gasteiger partial charge in [0.15, 0.2) is 23.6 Å². The predicted octanol–water partition coefficient (Wildman–Crippen LogP) is -0.829. The van der Waals surface area contributed by atoms with Crippen LogP contribution in [0.5, 0.6) is 11.5 Å². The molecule has 0 aromatic heterocycles. The van der Waals surface area contributed by atoms with Gasteiger partial charge in [0.2, 0.25) is 11.8 Å². The first-order valence-electron chi connectivity index (χ1n) is 15.6. The zero-order valence-corrected chi connectivity index (χ0v) is 26.8. The Labute approximate surface area is 272 Å². The Morgan fingerprint density at radius 1 is 1.28 bits per heavy atom. The van der Waals surface area contributed by atoms with Crippen LogP contribution >= 0.6 is 0 Å². The van der Waals surface area contributed by atoms with E-state index < -0.39 is 53.5 Å². The number of amides is 3. The highest BCUT2D eigenvalue weighted by Crippen LogP contribution is 2.65. The van der Waals surface area contributed by atoms with Crippen molar-refractivity contribution in [2.45, 2.75) is 67.7 Å². The number of aliphatic hydroxyl groups is 1. The first-order chi connectivity index (χ1) is 22.3. The SMILES string of the molecule is COc1ccc2c3c1O[C@H]1C(OC(=O)N(C)CCNC(=O)[C@@H](CCCN=C(N)N)NC(=O)CC(=O)O)=CC[C@@]4(O)C(C2)N(C)CCC314. The van der Waals surface area contributed by atoms with E-state index in [2.05, 4.69) is 20.5 Å². The fourth-order valence-electron chi connectivity index (χ4n) is 7.48. The molecule has 0 radical (unpaired) electrons. The number of guanidine groups is 1. The first-order valence-corrected chi connectivity index (χ1v) is 15.6. The molecular formula is C31H43N7O9. The number of rotatable bonds is 13. The quantitative estimate of drug-likeness (QED) is 0.0661. The van der Waals surface area contributed by atoms with Crippen LogP contribution in [0.25, 0.3) is 0 Å². The molecule has 2 aliphatic carbocycles. The van der Waals surface area contributed by atoms with Gasteiger partial charge in [-0.1, -0.05) is 6.07 Å². The summed E-state index contributed by atoms with van der Waals surface area (Å²) in [4.78, 5) is 56.5. The summed E-state index contributed by atoms with van der Waals surface area (Å²) in [5.41, 5.74) is 10.7. The van der Waals surface area contributed by atoms with Crippen LogP contribution < -0.4 is 31.6 Å². The Balaban J connectivity index is 1.23. The minimum Gasteiger partial charge on any atom is -0.493 e. The molecule has 2 unspecified atom stereocenters. The number of ether oxygens (including phenoxy) is 3. The van der Waals surface area contributed by atoms with Crippen LogP contribution in [0.4, 0.5) is 4.79 Å². The number of aliphatic imine (C=N–C) groups is 1. The zero-order valence-electron chi connectivity index (χ0n) is 26.8. The van der Waals surface area contributed by atoms with Gasteiger partial charge >= 0.3 is 12.1 Å². The molecule has 4 aliphatic rings. The molecule has 8 N–H and O–H groups in total. The summed E-state index contributed by atoms with van der Waals surface area (Å²) in [5, 5.41) is 26.3. The van der Waals surface area contributed by atoms with E-state index in [1.54, 1.807) is 13.2 Å². The summed E-state index contributed by atoms with van der Waals surface area (Å²) in [6.07, 6.45) is 1.56. The van der Waals surface area contributed by atoms with Crippen LogP contribution in [-0.4, -0.2) is 121 Å². The Hall–Kier alpha value is -4.57. The van der Waals surface area contributed by atoms with Crippen molar-refractivity contribution in [1.29, 1.82) is 0 Å². The molecule has 47 heavy (non-hydrogen) atoms. The van der Waals surface area contributed by atoms with E-state index in [0.29, 0.717) is 36.5 Å². The number of hydrogen-bond acceptors (Lipinski definition) is 10. The Morgan fingerprint density at radius 2 is 2.04 bits per heavy atom. The molecule has 1 fully saturated rings. The number of benzene rings is 1. The van der Waals surface area contributed by atoms with E-state index in [1.807, 2.05) is 19.2 Å². The van der Waals surface area contributed by atoms with E-state index >= 15 is 0 Å². The number of carboxylic acids is 1. The molecule has 2 aliphatic heterocycles. The summed E-state index contributed by atoms with van der Waals surface area (Å²) < 4.78 is 18.1. The lowest BCUT2D eigenvalue weighted by atomic mass is 9.50. The van der Waals surface area contributed by atoms with Crippen LogP contribution in [0.15, 0.2) is 29.0 Å². The van der Waals surface area contributed by atoms with Gasteiger partial charge in [0.1, 0.15) is 18.2 Å². The molecule has 1 aromatic rings. The number of nitrogens with zero attached hydrogens (tertiary/aromatic N) is 3. The van der Waals surface area contributed by atoms with Gasteiger partial charge in [0.05, 0.1) is 18.1 Å². The number of likely N-dealkylation sites (tertiary alicyclic amines) is 1. The molecule has 1 aromatic carbocycles. The second kappa shape index (κ2) is 13.3. The number of hydrogen-bond donors (Lipinski definition) is 6. The highest BCUT2D eigenvalue weighted by molar-refractivity contribution is 5.96. The molecule has 0 saturated carbocycles. The van der Waals surface area contributed by atoms with E-state index in [4.69, 9.17) is 30.8 Å². The van der Waals surface area contributed by atoms with Gasteiger partial charge in [-0.05, 0) is 57.0 Å². The Kier molecular flexibility index (Phi) is 9.54. The van der Waals surface area contributed by atoms with Crippen molar-refractivity contribution in [3.05, 3.63) is 35.1 Å². The number of nitrogens with one attached hydrogen (secondary N) is 2. The van der Waals surface area contributed by atoms with Crippen molar-refractivity contribution in [2.24, 2.45) is 16.5 Å². The lowest BCUT2D eigenvalue weighted by Gasteiger charge is -2.61. The molecule has 16 heteroatoms. The van der Waals surface area contributed by atoms with Gasteiger partial charge in [-0.25, -0.2) is 4.79 Å². The normalized spacial score (nSPS) is 25.7. The van der Waals surface area contributed by atoms with Crippen LogP contribution in [0.3, 0.4) is 0 Å². The van der Waals surface area contributed by atoms with Crippen molar-refractivity contribution >= 4 is 29.8 Å². The first kappa shape index (κ1) is 33.8. The average molecular weight is 658 g/mol. The molecule has 3 amide bonds. The van der Waals surface area contributed by atoms with Gasteiger partial charge in [0.25, 0.3) is 0 Å². The smallest absolute Gasteiger partial charge is 0.414 e. The monoisotopic (exact) mass is 657 g/mol. The predicted molar refractivity (Wildman–Crippen MR) is 168 cm³/mol. The van der Waals surface area contributed by atoms with Crippen molar-refractivity contribution < 1.29 is 43.6 Å². The van der Waals surface area contributed by atoms with E-state index in [0.717, 1.165) is 17.7 Å². The largest absolute Gasteiger partial charge is 0.493 e. The number of methoxy groups -OCH3 is 1. The standard InChI is InChI=1S/C31H43N7O9/c1-37-13-10-30-24-17-6-7-19(45-3)25(24)47-26(30)20(8-9-31(30,44)21(37)15-17)46-29(43)38(2)14-12-34-27(42)18(5-4-11-35-28(32)33)36-22(39)16-23(40)41/h6-8,18,21,26,44H,4-5,9-16H2,1-3H3,(H,34,42)(H,36,39)(H,40,41)(H4,32,33,35)/t18-,21?,26+,30?,31-/m1/s1. The van der Waals surface area contributed by atoms with Crippen molar-refractivity contribution in [3.8, 4) is 11.5 Å². The maximum absolute atomic E-state index is 13.3. The van der Waals surface area contributed by atoms with Gasteiger partial charge in [-0.15, -0.1) is 0 Å². The van der Waals surface area contributed by atoms with Crippen LogP contribution in [0.1, 0.15) is 43.2 Å². The second-order valence-corrected chi connectivity index (χ2v) is 12.5. The molecule has 5 rings (SSSR count). The van der Waals surface area contributed by atoms with Crippen LogP contribution in [0.2, 0.25) is 0 Å². The molecule has 1 saturated heterocycles. The third-order valence-corrected chi connectivity index (χ3v) is 9.73. The maximum Gasteiger partial charge on any atom is 0.414 e. The number of carboxylic acid groups (broad SMARTS) is 1. The van der Waals surface area contributed by atoms with Crippen molar-refractivity contribution in [3.63, 3.8) is 0 Å². The van der Waals surface area contributed by atoms with Gasteiger partial charge in [-0.3, -0.25) is 19.4 Å². The Morgan fingerprint density at radius 3 is 2.74 bits per heavy atom. The second-order valence-electron chi connectivity index (χ2n) is 12.5. The molecule has 16 nitrogen and oxygen atoms in total. The third-order valence-electron chi connectivity index (χ3n) is 9.73. The number of aliphatic carboxylic acids is 1. The Bertz CT molecular complexity index is 1500. The fraction of sp³-hybridized carbons (Fsp3) is 0.581. The van der Waals surface area contributed by atoms with Gasteiger partial charge in [-0.2, -0.15) is 0 Å². The number of nitrogens with two attached hydrogens (primary N) is 2. The maximum atomic E-state index is 13.3. The van der Waals surface area contributed by atoms with Crippen LogP contribution in [-0.2, 0) is 31.0 Å². The summed E-state index contributed by atoms with van der Waals surface area (Å²) in [7, 11) is 5.10. The third kappa shape index (κ3) is 6.14. The summed E-state index contributed by atoms with van der Waals surface area (Å²) >= 11 is 0. The molecule has 5 atom stereocenters. The van der Waals surface area contributed by atoms with E-state index in [-0.39, 0.29) is 44.5 Å². The van der Waals surface area contributed by atoms with Crippen molar-refractivity contribution in [2.75, 3.05) is 47.4 Å². The van der Waals surface area contributed by atoms with Gasteiger partial charge in [0, 0.05) is 44.7 Å². The van der Waals surface area contributed by atoms with Crippen molar-refractivity contribution in [1.82, 2.24) is 20.4 Å². The number of carbonyl (C=O) groups is 4. The molecule has 2 heterocycles. The minimum atomic E-state index is -1.33. The average Bonchev–Trinajstić information content (AvgIpc) is 3.37. The summed E-state index contributed by atoms with van der Waals surface area (Å²) in [5.74, 6) is -1.38. The highest BCUT2D eigenvalue weighted by Gasteiger charge is 2.72. The summed E-state index contributed by atoms with van der Waals surface area (Å²) in [6.45, 7) is 1.03. The topological polar surface area (TPSA) is 231 Å². The molecule has 1 spiro atoms. The fourth-order valence-corrected chi connectivity index (χ4v) is 7.48. The molecule has 2 bridgehead atoms. The number of carbonyl (C=O) groups excluding carboxylic acids is 3. The van der Waals surface area contributed by atoms with Gasteiger partial charge < -0.3 is 56.3 Å². The minimum absolute atomic E-state index is 0.0202.